The minimum absolute atomic E-state index is 0.108. The molecule has 0 fully saturated rings. The molecule has 4 nitrogen and oxygen atoms in total. The predicted octanol–water partition coefficient (Wildman–Crippen LogP) is 6.60. The van der Waals surface area contributed by atoms with Crippen molar-refractivity contribution in [1.29, 1.82) is 0 Å². The minimum Gasteiger partial charge on any atom is -0.382 e. The number of rotatable bonds is 2. The second-order valence-electron chi connectivity index (χ2n) is 6.52. The number of nitrogens with two attached hydrogens (primary N) is 1. The summed E-state index contributed by atoms with van der Waals surface area (Å²) in [4.78, 5) is 9.43. The van der Waals surface area contributed by atoms with Crippen molar-refractivity contribution in [2.24, 2.45) is 0 Å². The molecule has 0 saturated heterocycles. The Morgan fingerprint density at radius 3 is 2.41 bits per heavy atom. The summed E-state index contributed by atoms with van der Waals surface area (Å²) in [5.74, 6) is 0.205. The highest BCUT2D eigenvalue weighted by Gasteiger charge is 2.23. The quantitative estimate of drug-likeness (QED) is 0.470. The zero-order chi connectivity index (χ0) is 21.0. The summed E-state index contributed by atoms with van der Waals surface area (Å²) in [6.45, 7) is 8.70. The third-order valence-corrected chi connectivity index (χ3v) is 5.06. The van der Waals surface area contributed by atoms with Crippen LogP contribution < -0.4 is 10.6 Å². The zero-order valence-corrected chi connectivity index (χ0v) is 17.9. The topological polar surface area (TPSA) is 55.0 Å². The molecule has 0 radical (unpaired) electrons. The van der Waals surface area contributed by atoms with Crippen molar-refractivity contribution >= 4 is 46.5 Å². The Hall–Kier alpha value is -2.82. The molecule has 29 heavy (non-hydrogen) atoms. The molecular formula is C23H22Cl2N4. The summed E-state index contributed by atoms with van der Waals surface area (Å²) in [5, 5.41) is 0.427. The van der Waals surface area contributed by atoms with Crippen LogP contribution in [0.25, 0.3) is 11.8 Å². The number of halogens is 2. The van der Waals surface area contributed by atoms with E-state index in [4.69, 9.17) is 28.9 Å². The monoisotopic (exact) mass is 424 g/mol. The van der Waals surface area contributed by atoms with Gasteiger partial charge in [0.15, 0.2) is 0 Å². The highest BCUT2D eigenvalue weighted by molar-refractivity contribution is 6.33. The Morgan fingerprint density at radius 2 is 1.79 bits per heavy atom. The fraction of sp³-hybridized carbons (Fsp3) is 0.130. The maximum atomic E-state index is 5.47. The summed E-state index contributed by atoms with van der Waals surface area (Å²) in [6.07, 6.45) is 4.62. The van der Waals surface area contributed by atoms with Crippen LogP contribution in [0.5, 0.6) is 0 Å². The maximum absolute atomic E-state index is 5.47. The van der Waals surface area contributed by atoms with Crippen LogP contribution in [0.1, 0.15) is 30.0 Å². The van der Waals surface area contributed by atoms with Crippen LogP contribution >= 0.6 is 23.2 Å². The van der Waals surface area contributed by atoms with Crippen molar-refractivity contribution in [3.63, 3.8) is 0 Å². The number of para-hydroxylation sites is 1. The lowest BCUT2D eigenvalue weighted by atomic mass is 9.93. The zero-order valence-electron chi connectivity index (χ0n) is 16.4. The number of nitrogen functional groups attached to an aromatic ring is 1. The summed E-state index contributed by atoms with van der Waals surface area (Å²) in [6, 6.07) is 16.9. The lowest BCUT2D eigenvalue weighted by molar-refractivity contribution is 1.02. The normalized spacial score (nSPS) is 12.6. The van der Waals surface area contributed by atoms with Gasteiger partial charge in [0.05, 0.1) is 6.20 Å². The Morgan fingerprint density at radius 1 is 1.07 bits per heavy atom. The third kappa shape index (κ3) is 4.61. The van der Waals surface area contributed by atoms with E-state index in [1.165, 1.54) is 34.3 Å². The summed E-state index contributed by atoms with van der Waals surface area (Å²) in [5.41, 5.74) is 12.6. The van der Waals surface area contributed by atoms with Crippen molar-refractivity contribution in [2.75, 3.05) is 10.6 Å². The molecular weight excluding hydrogens is 403 g/mol. The van der Waals surface area contributed by atoms with E-state index < -0.39 is 0 Å². The molecule has 148 valence electrons. The highest BCUT2D eigenvalue weighted by Crippen LogP contribution is 2.38. The Balaban J connectivity index is 0.000000224. The highest BCUT2D eigenvalue weighted by atomic mass is 35.5. The SMILES string of the molecule is C=C1c2c(C)cccc2C=C(CC)N1c1ccccc1.Nc1nc(Cl)ncc1Cl. The molecule has 0 atom stereocenters. The first kappa shape index (κ1) is 20.9. The number of aromatic nitrogens is 2. The minimum atomic E-state index is 0.108. The fourth-order valence-corrected chi connectivity index (χ4v) is 3.48. The van der Waals surface area contributed by atoms with Gasteiger partial charge >= 0.3 is 0 Å². The first-order chi connectivity index (χ1) is 13.9. The second-order valence-corrected chi connectivity index (χ2v) is 7.26. The van der Waals surface area contributed by atoms with Crippen LogP contribution in [0.15, 0.2) is 67.0 Å². The van der Waals surface area contributed by atoms with Gasteiger partial charge in [-0.15, -0.1) is 0 Å². The van der Waals surface area contributed by atoms with E-state index in [2.05, 4.69) is 83.8 Å². The summed E-state index contributed by atoms with van der Waals surface area (Å²) >= 11 is 10.8. The number of hydrogen-bond donors (Lipinski definition) is 1. The molecule has 2 heterocycles. The number of hydrogen-bond acceptors (Lipinski definition) is 4. The number of allylic oxidation sites excluding steroid dienone is 1. The van der Waals surface area contributed by atoms with Gasteiger partial charge in [0, 0.05) is 22.6 Å². The predicted molar refractivity (Wildman–Crippen MR) is 124 cm³/mol. The molecule has 0 amide bonds. The lowest BCUT2D eigenvalue weighted by Crippen LogP contribution is -2.24. The summed E-state index contributed by atoms with van der Waals surface area (Å²) in [7, 11) is 0. The lowest BCUT2D eigenvalue weighted by Gasteiger charge is -2.34. The molecule has 2 aromatic carbocycles. The van der Waals surface area contributed by atoms with Crippen LogP contribution in [0.2, 0.25) is 10.3 Å². The van der Waals surface area contributed by atoms with Crippen molar-refractivity contribution < 1.29 is 0 Å². The molecule has 0 aliphatic carbocycles. The largest absolute Gasteiger partial charge is 0.382 e. The molecule has 1 aliphatic heterocycles. The number of anilines is 2. The van der Waals surface area contributed by atoms with Gasteiger partial charge in [0.1, 0.15) is 10.8 Å². The van der Waals surface area contributed by atoms with Crippen molar-refractivity contribution in [1.82, 2.24) is 9.97 Å². The Labute approximate surface area is 181 Å². The first-order valence-electron chi connectivity index (χ1n) is 9.20. The number of aryl methyl sites for hydroxylation is 1. The van der Waals surface area contributed by atoms with Crippen molar-refractivity contribution in [2.45, 2.75) is 20.3 Å². The Kier molecular flexibility index (Phi) is 6.57. The van der Waals surface area contributed by atoms with Gasteiger partial charge in [-0.1, -0.05) is 61.5 Å². The Bertz CT molecular complexity index is 1060. The molecule has 6 heteroatoms. The number of nitrogens with zero attached hydrogens (tertiary/aromatic N) is 3. The van der Waals surface area contributed by atoms with E-state index in [0.717, 1.165) is 12.1 Å². The molecule has 0 spiro atoms. The van der Waals surface area contributed by atoms with Gasteiger partial charge < -0.3 is 10.6 Å². The molecule has 3 aromatic rings. The summed E-state index contributed by atoms with van der Waals surface area (Å²) < 4.78 is 0. The molecule has 1 aliphatic rings. The average Bonchev–Trinajstić information content (AvgIpc) is 2.72. The smallest absolute Gasteiger partial charge is 0.224 e. The molecule has 0 bridgehead atoms. The average molecular weight is 425 g/mol. The number of benzene rings is 2. The first-order valence-corrected chi connectivity index (χ1v) is 9.96. The molecule has 0 saturated carbocycles. The van der Waals surface area contributed by atoms with E-state index in [1.807, 2.05) is 6.07 Å². The fourth-order valence-electron chi connectivity index (χ4n) is 3.25. The van der Waals surface area contributed by atoms with Gasteiger partial charge in [-0.3, -0.25) is 0 Å². The van der Waals surface area contributed by atoms with E-state index >= 15 is 0 Å². The number of fused-ring (bicyclic) bond motifs is 1. The van der Waals surface area contributed by atoms with E-state index in [1.54, 1.807) is 0 Å². The van der Waals surface area contributed by atoms with E-state index in [-0.39, 0.29) is 11.1 Å². The van der Waals surface area contributed by atoms with E-state index in [9.17, 15) is 0 Å². The van der Waals surface area contributed by atoms with Gasteiger partial charge in [-0.25, -0.2) is 4.98 Å². The van der Waals surface area contributed by atoms with Gasteiger partial charge in [-0.2, -0.15) is 4.98 Å². The van der Waals surface area contributed by atoms with Crippen molar-refractivity contribution in [3.8, 4) is 0 Å². The van der Waals surface area contributed by atoms with Crippen LogP contribution in [0, 0.1) is 6.92 Å². The van der Waals surface area contributed by atoms with Gasteiger partial charge in [0.2, 0.25) is 5.28 Å². The maximum Gasteiger partial charge on any atom is 0.224 e. The molecule has 0 unspecified atom stereocenters. The molecule has 4 rings (SSSR count). The van der Waals surface area contributed by atoms with Crippen LogP contribution in [-0.2, 0) is 0 Å². The second kappa shape index (κ2) is 9.12. The van der Waals surface area contributed by atoms with Crippen LogP contribution in [-0.4, -0.2) is 9.97 Å². The van der Waals surface area contributed by atoms with E-state index in [0.29, 0.717) is 5.02 Å². The van der Waals surface area contributed by atoms with Crippen molar-refractivity contribution in [3.05, 3.63) is 94.0 Å². The van der Waals surface area contributed by atoms with Crippen LogP contribution in [0.3, 0.4) is 0 Å². The van der Waals surface area contributed by atoms with Gasteiger partial charge in [0.25, 0.3) is 0 Å². The van der Waals surface area contributed by atoms with Crippen LogP contribution in [0.4, 0.5) is 11.5 Å². The third-order valence-electron chi connectivity index (χ3n) is 4.59. The molecule has 1 aromatic heterocycles. The standard InChI is InChI=1S/C19H19N.C4H3Cl2N3/c1-4-17-13-16-10-8-9-14(2)19(16)15(3)20(17)18-11-6-5-7-12-18;5-2-1-8-4(6)9-3(2)7/h5-13H,3-4H2,1-2H3;1H,(H2,7,8,9). The van der Waals surface area contributed by atoms with Gasteiger partial charge in [-0.05, 0) is 54.3 Å². The molecule has 2 N–H and O–H groups in total.